The Kier molecular flexibility index (Phi) is 5.92. The number of likely N-dealkylation sites (tertiary alicyclic amines) is 1. The zero-order chi connectivity index (χ0) is 21.8. The van der Waals surface area contributed by atoms with Crippen molar-refractivity contribution in [3.8, 4) is 11.4 Å². The molecule has 0 spiro atoms. The third-order valence-electron chi connectivity index (χ3n) is 5.26. The predicted octanol–water partition coefficient (Wildman–Crippen LogP) is 2.59. The van der Waals surface area contributed by atoms with E-state index >= 15 is 0 Å². The number of piperidine rings is 1. The zero-order valence-corrected chi connectivity index (χ0v) is 16.6. The molecule has 160 valence electrons. The average Bonchev–Trinajstić information content (AvgIpc) is 3.22. The highest BCUT2D eigenvalue weighted by Gasteiger charge is 2.28. The van der Waals surface area contributed by atoms with Crippen molar-refractivity contribution in [3.05, 3.63) is 70.5 Å². The molecule has 0 radical (unpaired) electrons. The number of rotatable bonds is 5. The van der Waals surface area contributed by atoms with Gasteiger partial charge in [0.15, 0.2) is 5.82 Å². The summed E-state index contributed by atoms with van der Waals surface area (Å²) in [6.45, 7) is 0.932. The molecule has 2 amide bonds. The van der Waals surface area contributed by atoms with Crippen LogP contribution in [0.3, 0.4) is 0 Å². The largest absolute Gasteiger partial charge is 0.439 e. The van der Waals surface area contributed by atoms with Gasteiger partial charge in [0, 0.05) is 24.3 Å². The van der Waals surface area contributed by atoms with E-state index in [4.69, 9.17) is 0 Å². The quantitative estimate of drug-likeness (QED) is 0.655. The van der Waals surface area contributed by atoms with Crippen molar-refractivity contribution in [1.82, 2.24) is 15.0 Å². The van der Waals surface area contributed by atoms with Crippen LogP contribution in [0.15, 0.2) is 57.8 Å². The highest BCUT2D eigenvalue weighted by molar-refractivity contribution is 5.93. The Bertz CT molecular complexity index is 1140. The van der Waals surface area contributed by atoms with Crippen LogP contribution in [0.1, 0.15) is 18.4 Å². The number of hydrogen-bond acceptors (Lipinski definition) is 5. The molecular formula is C22H21FN4O4. The molecule has 0 bridgehead atoms. The number of carbonyl (C=O) groups is 2. The number of carbonyl (C=O) groups excluding carboxylic acids is 2. The van der Waals surface area contributed by atoms with E-state index in [1.165, 1.54) is 12.1 Å². The van der Waals surface area contributed by atoms with Crippen LogP contribution < -0.4 is 11.1 Å². The smallest absolute Gasteiger partial charge is 0.342 e. The summed E-state index contributed by atoms with van der Waals surface area (Å²) in [5.74, 6) is -1.31. The average molecular weight is 424 g/mol. The van der Waals surface area contributed by atoms with Crippen LogP contribution in [0.25, 0.3) is 11.4 Å². The number of hydrogen-bond donors (Lipinski definition) is 2. The minimum Gasteiger partial charge on any atom is -0.342 e. The van der Waals surface area contributed by atoms with Gasteiger partial charge in [-0.15, -0.1) is 0 Å². The van der Waals surface area contributed by atoms with Crippen LogP contribution >= 0.6 is 0 Å². The molecule has 9 heteroatoms. The Morgan fingerprint density at radius 1 is 1.23 bits per heavy atom. The molecule has 1 aromatic heterocycles. The lowest BCUT2D eigenvalue weighted by atomic mass is 9.96. The molecule has 2 N–H and O–H groups in total. The number of aromatic amines is 1. The Morgan fingerprint density at radius 3 is 2.77 bits per heavy atom. The van der Waals surface area contributed by atoms with Gasteiger partial charge >= 0.3 is 5.76 Å². The first-order valence-corrected chi connectivity index (χ1v) is 9.97. The minimum atomic E-state index is -0.656. The van der Waals surface area contributed by atoms with Gasteiger partial charge < -0.3 is 10.2 Å². The number of benzene rings is 2. The number of nitrogens with one attached hydrogen (secondary N) is 2. The van der Waals surface area contributed by atoms with E-state index in [2.05, 4.69) is 20.0 Å². The van der Waals surface area contributed by atoms with Crippen LogP contribution in [-0.2, 0) is 16.0 Å². The van der Waals surface area contributed by atoms with E-state index in [0.29, 0.717) is 30.8 Å². The number of amides is 2. The van der Waals surface area contributed by atoms with Gasteiger partial charge in [-0.2, -0.15) is 0 Å². The summed E-state index contributed by atoms with van der Waals surface area (Å²) in [5.41, 5.74) is 1.89. The van der Waals surface area contributed by atoms with Crippen LogP contribution in [-0.4, -0.2) is 39.9 Å². The first-order valence-electron chi connectivity index (χ1n) is 9.97. The van der Waals surface area contributed by atoms with E-state index in [9.17, 15) is 18.8 Å². The van der Waals surface area contributed by atoms with E-state index in [-0.39, 0.29) is 35.8 Å². The number of aromatic nitrogens is 2. The standard InChI is InChI=1S/C22H21FN4O4/c23-17-8-6-14(7-9-17)11-19(28)27-10-2-4-16(13-27)21(29)24-18-5-1-3-15(12-18)20-25-22(30)31-26-20/h1,3,5-9,12,16H,2,4,10-11,13H2,(H,24,29)(H,25,26,30). The number of H-pyrrole nitrogens is 1. The summed E-state index contributed by atoms with van der Waals surface area (Å²) in [6.07, 6.45) is 1.59. The van der Waals surface area contributed by atoms with Crippen LogP contribution in [0.4, 0.5) is 10.1 Å². The van der Waals surface area contributed by atoms with Gasteiger partial charge in [0.25, 0.3) is 0 Å². The van der Waals surface area contributed by atoms with Crippen molar-refractivity contribution in [2.24, 2.45) is 5.92 Å². The third-order valence-corrected chi connectivity index (χ3v) is 5.26. The second-order valence-electron chi connectivity index (χ2n) is 7.50. The van der Waals surface area contributed by atoms with E-state index < -0.39 is 5.76 Å². The second-order valence-corrected chi connectivity index (χ2v) is 7.50. The van der Waals surface area contributed by atoms with Crippen LogP contribution in [0, 0.1) is 11.7 Å². The third kappa shape index (κ3) is 5.06. The molecule has 3 aromatic rings. The highest BCUT2D eigenvalue weighted by atomic mass is 19.1. The van der Waals surface area contributed by atoms with Crippen molar-refractivity contribution in [3.63, 3.8) is 0 Å². The molecule has 2 aromatic carbocycles. The number of anilines is 1. The van der Waals surface area contributed by atoms with Crippen LogP contribution in [0.5, 0.6) is 0 Å². The SMILES string of the molecule is O=C(Nc1cccc(-c2noc(=O)[nH]2)c1)C1CCCN(C(=O)Cc2ccc(F)cc2)C1. The Morgan fingerprint density at radius 2 is 2.03 bits per heavy atom. The summed E-state index contributed by atoms with van der Waals surface area (Å²) < 4.78 is 17.6. The molecule has 1 atom stereocenters. The summed E-state index contributed by atoms with van der Waals surface area (Å²) in [5, 5.41) is 6.52. The maximum atomic E-state index is 13.1. The predicted molar refractivity (Wildman–Crippen MR) is 111 cm³/mol. The molecule has 1 saturated heterocycles. The van der Waals surface area contributed by atoms with Gasteiger partial charge in [-0.25, -0.2) is 9.18 Å². The maximum Gasteiger partial charge on any atom is 0.439 e. The molecule has 2 heterocycles. The van der Waals surface area contributed by atoms with Gasteiger partial charge in [0.05, 0.1) is 12.3 Å². The molecule has 0 aliphatic carbocycles. The van der Waals surface area contributed by atoms with Gasteiger partial charge in [-0.1, -0.05) is 29.4 Å². The summed E-state index contributed by atoms with van der Waals surface area (Å²) in [4.78, 5) is 40.7. The number of halogens is 1. The van der Waals surface area contributed by atoms with Gasteiger partial charge in [-0.3, -0.25) is 19.1 Å². The number of nitrogens with zero attached hydrogens (tertiary/aromatic N) is 2. The fourth-order valence-electron chi connectivity index (χ4n) is 3.65. The summed E-state index contributed by atoms with van der Waals surface area (Å²) in [6, 6.07) is 12.7. The Balaban J connectivity index is 1.38. The Hall–Kier alpha value is -3.75. The van der Waals surface area contributed by atoms with E-state index in [1.54, 1.807) is 41.3 Å². The first-order chi connectivity index (χ1) is 15.0. The second kappa shape index (κ2) is 8.95. The maximum absolute atomic E-state index is 13.1. The molecule has 0 saturated carbocycles. The Labute approximate surface area is 177 Å². The van der Waals surface area contributed by atoms with Gasteiger partial charge in [-0.05, 0) is 42.7 Å². The van der Waals surface area contributed by atoms with Crippen molar-refractivity contribution < 1.29 is 18.5 Å². The van der Waals surface area contributed by atoms with Gasteiger partial charge in [0.1, 0.15) is 5.82 Å². The van der Waals surface area contributed by atoms with Gasteiger partial charge in [0.2, 0.25) is 11.8 Å². The fourth-order valence-corrected chi connectivity index (χ4v) is 3.65. The molecule has 31 heavy (non-hydrogen) atoms. The summed E-state index contributed by atoms with van der Waals surface area (Å²) >= 11 is 0. The monoisotopic (exact) mass is 424 g/mol. The molecular weight excluding hydrogens is 403 g/mol. The summed E-state index contributed by atoms with van der Waals surface area (Å²) in [7, 11) is 0. The van der Waals surface area contributed by atoms with Crippen molar-refractivity contribution in [1.29, 1.82) is 0 Å². The lowest BCUT2D eigenvalue weighted by molar-refractivity contribution is -0.133. The fraction of sp³-hybridized carbons (Fsp3) is 0.273. The zero-order valence-electron chi connectivity index (χ0n) is 16.6. The van der Waals surface area contributed by atoms with Crippen molar-refractivity contribution in [2.45, 2.75) is 19.3 Å². The molecule has 4 rings (SSSR count). The molecule has 8 nitrogen and oxygen atoms in total. The van der Waals surface area contributed by atoms with Crippen molar-refractivity contribution in [2.75, 3.05) is 18.4 Å². The first kappa shape index (κ1) is 20.5. The normalized spacial score (nSPS) is 16.2. The van der Waals surface area contributed by atoms with Crippen LogP contribution in [0.2, 0.25) is 0 Å². The molecule has 1 fully saturated rings. The topological polar surface area (TPSA) is 108 Å². The van der Waals surface area contributed by atoms with Crippen molar-refractivity contribution >= 4 is 17.5 Å². The highest BCUT2D eigenvalue weighted by Crippen LogP contribution is 2.22. The van der Waals surface area contributed by atoms with E-state index in [0.717, 1.165) is 12.0 Å². The molecule has 1 aliphatic heterocycles. The molecule has 1 unspecified atom stereocenters. The molecule has 1 aliphatic rings. The minimum absolute atomic E-state index is 0.0823. The lowest BCUT2D eigenvalue weighted by Gasteiger charge is -2.32. The van der Waals surface area contributed by atoms with E-state index in [1.807, 2.05) is 0 Å². The lowest BCUT2D eigenvalue weighted by Crippen LogP contribution is -2.44.